The van der Waals surface area contributed by atoms with E-state index in [0.29, 0.717) is 13.1 Å². The molecule has 1 saturated heterocycles. The van der Waals surface area contributed by atoms with Crippen molar-refractivity contribution in [2.45, 2.75) is 13.3 Å². The largest absolute Gasteiger partial charge is 0.481 e. The van der Waals surface area contributed by atoms with E-state index in [-0.39, 0.29) is 32.0 Å². The van der Waals surface area contributed by atoms with Crippen molar-refractivity contribution in [1.29, 1.82) is 0 Å². The van der Waals surface area contributed by atoms with Gasteiger partial charge in [-0.1, -0.05) is 0 Å². The van der Waals surface area contributed by atoms with Crippen LogP contribution in [0.2, 0.25) is 0 Å². The molecule has 1 rings (SSSR count). The molecule has 1 amide bonds. The summed E-state index contributed by atoms with van der Waals surface area (Å²) in [6.45, 7) is 2.58. The Morgan fingerprint density at radius 3 is 2.16 bits per heavy atom. The first-order valence-electron chi connectivity index (χ1n) is 5.94. The number of carbonyl (C=O) groups excluding carboxylic acids is 1. The van der Waals surface area contributed by atoms with Crippen molar-refractivity contribution in [3.63, 3.8) is 0 Å². The lowest BCUT2D eigenvalue weighted by atomic mass is 10.3. The summed E-state index contributed by atoms with van der Waals surface area (Å²) >= 11 is 0. The third-order valence-corrected chi connectivity index (χ3v) is 5.03. The van der Waals surface area contributed by atoms with E-state index in [0.717, 1.165) is 4.31 Å². The summed E-state index contributed by atoms with van der Waals surface area (Å²) in [5.41, 5.74) is 0. The molecule has 19 heavy (non-hydrogen) atoms. The van der Waals surface area contributed by atoms with E-state index in [9.17, 15) is 18.0 Å². The molecule has 0 radical (unpaired) electrons. The van der Waals surface area contributed by atoms with Crippen LogP contribution in [0.5, 0.6) is 0 Å². The fraction of sp³-hybridized carbons (Fsp3) is 0.800. The Kier molecular flexibility index (Phi) is 5.27. The van der Waals surface area contributed by atoms with Gasteiger partial charge in [0.1, 0.15) is 0 Å². The predicted octanol–water partition coefficient (Wildman–Crippen LogP) is -1.20. The Morgan fingerprint density at radius 1 is 1.21 bits per heavy atom. The van der Waals surface area contributed by atoms with E-state index in [1.54, 1.807) is 4.90 Å². The van der Waals surface area contributed by atoms with Crippen LogP contribution in [0.4, 0.5) is 0 Å². The molecule has 9 heteroatoms. The van der Waals surface area contributed by atoms with Crippen LogP contribution in [0.25, 0.3) is 0 Å². The Labute approximate surface area is 112 Å². The van der Waals surface area contributed by atoms with Crippen molar-refractivity contribution in [3.05, 3.63) is 0 Å². The Bertz CT molecular complexity index is 442. The van der Waals surface area contributed by atoms with E-state index >= 15 is 0 Å². The molecule has 0 aromatic carbocycles. The van der Waals surface area contributed by atoms with Gasteiger partial charge in [-0.25, -0.2) is 0 Å². The zero-order valence-electron chi connectivity index (χ0n) is 11.1. The molecule has 1 fully saturated rings. The molecule has 0 bridgehead atoms. The Balaban J connectivity index is 2.59. The normalized spacial score (nSPS) is 17.7. The van der Waals surface area contributed by atoms with Crippen molar-refractivity contribution in [3.8, 4) is 0 Å². The summed E-state index contributed by atoms with van der Waals surface area (Å²) in [4.78, 5) is 23.2. The van der Waals surface area contributed by atoms with Crippen LogP contribution in [0.3, 0.4) is 0 Å². The maximum absolute atomic E-state index is 12.1. The van der Waals surface area contributed by atoms with Gasteiger partial charge in [0.15, 0.2) is 0 Å². The minimum atomic E-state index is -3.64. The van der Waals surface area contributed by atoms with Gasteiger partial charge in [0, 0.05) is 46.7 Å². The average molecular weight is 293 g/mol. The highest BCUT2D eigenvalue weighted by Crippen LogP contribution is 2.11. The molecule has 0 unspecified atom stereocenters. The van der Waals surface area contributed by atoms with E-state index in [2.05, 4.69) is 0 Å². The maximum atomic E-state index is 12.1. The monoisotopic (exact) mass is 293 g/mol. The van der Waals surface area contributed by atoms with Gasteiger partial charge in [0.05, 0.1) is 6.42 Å². The average Bonchev–Trinajstić information content (AvgIpc) is 2.35. The van der Waals surface area contributed by atoms with E-state index in [1.165, 1.54) is 18.3 Å². The topological polar surface area (TPSA) is 98.2 Å². The minimum Gasteiger partial charge on any atom is -0.481 e. The second-order valence-corrected chi connectivity index (χ2v) is 6.41. The highest BCUT2D eigenvalue weighted by molar-refractivity contribution is 7.86. The third-order valence-electron chi connectivity index (χ3n) is 3.04. The first-order valence-corrected chi connectivity index (χ1v) is 7.33. The van der Waals surface area contributed by atoms with Crippen LogP contribution in [-0.4, -0.2) is 78.7 Å². The fourth-order valence-corrected chi connectivity index (χ4v) is 3.14. The second-order valence-electron chi connectivity index (χ2n) is 4.38. The minimum absolute atomic E-state index is 0.0649. The summed E-state index contributed by atoms with van der Waals surface area (Å²) in [7, 11) is -2.28. The number of amides is 1. The number of carboxylic acid groups (broad SMARTS) is 1. The van der Waals surface area contributed by atoms with Gasteiger partial charge in [-0.2, -0.15) is 17.0 Å². The lowest BCUT2D eigenvalue weighted by molar-refractivity contribution is -0.137. The van der Waals surface area contributed by atoms with E-state index in [1.807, 2.05) is 0 Å². The van der Waals surface area contributed by atoms with Gasteiger partial charge in [0.2, 0.25) is 5.91 Å². The first kappa shape index (κ1) is 15.9. The zero-order valence-corrected chi connectivity index (χ0v) is 11.9. The summed E-state index contributed by atoms with van der Waals surface area (Å²) < 4.78 is 26.6. The first-order chi connectivity index (χ1) is 8.75. The zero-order chi connectivity index (χ0) is 14.6. The second kappa shape index (κ2) is 6.31. The van der Waals surface area contributed by atoms with Crippen LogP contribution in [0.1, 0.15) is 13.3 Å². The molecule has 1 aliphatic rings. The highest BCUT2D eigenvalue weighted by atomic mass is 32.2. The van der Waals surface area contributed by atoms with Gasteiger partial charge in [0.25, 0.3) is 10.2 Å². The molecule has 1 heterocycles. The Hall–Kier alpha value is -1.19. The number of piperazine rings is 1. The van der Waals surface area contributed by atoms with Crippen LogP contribution < -0.4 is 0 Å². The maximum Gasteiger partial charge on any atom is 0.304 e. The summed E-state index contributed by atoms with van der Waals surface area (Å²) in [6, 6.07) is 0. The number of carbonyl (C=O) groups is 2. The lowest BCUT2D eigenvalue weighted by Gasteiger charge is -2.35. The molecule has 0 aromatic rings. The molecular weight excluding hydrogens is 274 g/mol. The van der Waals surface area contributed by atoms with Gasteiger partial charge < -0.3 is 10.0 Å². The molecule has 1 aliphatic heterocycles. The molecular formula is C10H19N3O5S. The van der Waals surface area contributed by atoms with Crippen molar-refractivity contribution in [1.82, 2.24) is 13.5 Å². The molecule has 0 spiro atoms. The van der Waals surface area contributed by atoms with Crippen LogP contribution in [0, 0.1) is 0 Å². The Morgan fingerprint density at radius 2 is 1.74 bits per heavy atom. The number of hydrogen-bond donors (Lipinski definition) is 1. The van der Waals surface area contributed by atoms with Crippen molar-refractivity contribution in [2.75, 3.05) is 39.8 Å². The van der Waals surface area contributed by atoms with Crippen LogP contribution in [0.15, 0.2) is 0 Å². The van der Waals surface area contributed by atoms with Gasteiger partial charge in [-0.05, 0) is 0 Å². The number of nitrogens with zero attached hydrogens (tertiary/aromatic N) is 3. The molecule has 1 N–H and O–H groups in total. The van der Waals surface area contributed by atoms with Crippen molar-refractivity contribution < 1.29 is 23.1 Å². The smallest absolute Gasteiger partial charge is 0.304 e. The fourth-order valence-electron chi connectivity index (χ4n) is 1.80. The number of hydrogen-bond acceptors (Lipinski definition) is 4. The van der Waals surface area contributed by atoms with E-state index in [4.69, 9.17) is 5.11 Å². The summed E-state index contributed by atoms with van der Waals surface area (Å²) in [6.07, 6.45) is -0.233. The summed E-state index contributed by atoms with van der Waals surface area (Å²) in [5.74, 6) is -1.11. The standard InChI is InChI=1S/C10H19N3O5S/c1-9(14)12-5-7-13(8-6-12)19(17,18)11(2)4-3-10(15)16/h3-8H2,1-2H3,(H,15,16). The molecule has 0 aliphatic carbocycles. The summed E-state index contributed by atoms with van der Waals surface area (Å²) in [5, 5.41) is 8.55. The van der Waals surface area contributed by atoms with E-state index < -0.39 is 16.2 Å². The van der Waals surface area contributed by atoms with Gasteiger partial charge in [-0.15, -0.1) is 0 Å². The molecule has 110 valence electrons. The number of carboxylic acids is 1. The lowest BCUT2D eigenvalue weighted by Crippen LogP contribution is -2.53. The van der Waals surface area contributed by atoms with Crippen molar-refractivity contribution >= 4 is 22.1 Å². The molecule has 8 nitrogen and oxygen atoms in total. The predicted molar refractivity (Wildman–Crippen MR) is 67.6 cm³/mol. The molecule has 0 aromatic heterocycles. The van der Waals surface area contributed by atoms with Crippen LogP contribution in [-0.2, 0) is 19.8 Å². The quantitative estimate of drug-likeness (QED) is 0.686. The molecule has 0 atom stereocenters. The third kappa shape index (κ3) is 4.15. The van der Waals surface area contributed by atoms with Crippen molar-refractivity contribution in [2.24, 2.45) is 0 Å². The molecule has 0 saturated carbocycles. The number of aliphatic carboxylic acids is 1. The SMILES string of the molecule is CC(=O)N1CCN(S(=O)(=O)N(C)CCC(=O)O)CC1. The van der Waals surface area contributed by atoms with Crippen LogP contribution >= 0.6 is 0 Å². The number of rotatable bonds is 5. The highest BCUT2D eigenvalue weighted by Gasteiger charge is 2.30. The van der Waals surface area contributed by atoms with Gasteiger partial charge >= 0.3 is 5.97 Å². The van der Waals surface area contributed by atoms with Gasteiger partial charge in [-0.3, -0.25) is 9.59 Å².